The van der Waals surface area contributed by atoms with Crippen molar-refractivity contribution < 1.29 is 9.15 Å². The Bertz CT molecular complexity index is 557. The molecule has 0 fully saturated rings. The maximum absolute atomic E-state index is 5.99. The van der Waals surface area contributed by atoms with Gasteiger partial charge < -0.3 is 14.5 Å². The Kier molecular flexibility index (Phi) is 4.84. The third-order valence-corrected chi connectivity index (χ3v) is 3.78. The van der Waals surface area contributed by atoms with Gasteiger partial charge in [0, 0.05) is 17.5 Å². The molecule has 0 atom stereocenters. The normalized spacial score (nSPS) is 12.2. The van der Waals surface area contributed by atoms with Crippen molar-refractivity contribution in [1.29, 1.82) is 0 Å². The van der Waals surface area contributed by atoms with E-state index in [0.717, 1.165) is 30.9 Å². The van der Waals surface area contributed by atoms with Gasteiger partial charge in [0.1, 0.15) is 18.0 Å². The third-order valence-electron chi connectivity index (χ3n) is 3.78. The van der Waals surface area contributed by atoms with Crippen LogP contribution in [0.15, 0.2) is 28.7 Å². The standard InChI is InChI=1S/C17H25NO2/c1-5-17(3,4)19-12-16-14(11-18-6-2)13-9-7-8-10-15(13)20-16/h7-10,18H,5-6,11-12H2,1-4H3. The van der Waals surface area contributed by atoms with Crippen LogP contribution < -0.4 is 5.32 Å². The fourth-order valence-corrected chi connectivity index (χ4v) is 2.07. The molecule has 1 heterocycles. The summed E-state index contributed by atoms with van der Waals surface area (Å²) in [5, 5.41) is 4.56. The van der Waals surface area contributed by atoms with Gasteiger partial charge in [-0.2, -0.15) is 0 Å². The first-order chi connectivity index (χ1) is 9.57. The van der Waals surface area contributed by atoms with Gasteiger partial charge in [-0.05, 0) is 32.9 Å². The van der Waals surface area contributed by atoms with Crippen LogP contribution in [0.4, 0.5) is 0 Å². The SMILES string of the molecule is CCNCc1c(COC(C)(C)CC)oc2ccccc12. The first-order valence-corrected chi connectivity index (χ1v) is 7.41. The maximum Gasteiger partial charge on any atom is 0.135 e. The maximum atomic E-state index is 5.99. The van der Waals surface area contributed by atoms with Crippen molar-refractivity contribution in [2.45, 2.75) is 52.9 Å². The van der Waals surface area contributed by atoms with Crippen LogP contribution >= 0.6 is 0 Å². The van der Waals surface area contributed by atoms with Crippen molar-refractivity contribution in [2.24, 2.45) is 0 Å². The molecule has 2 rings (SSSR count). The zero-order valence-electron chi connectivity index (χ0n) is 13.0. The Hall–Kier alpha value is -1.32. The molecule has 20 heavy (non-hydrogen) atoms. The zero-order valence-corrected chi connectivity index (χ0v) is 13.0. The summed E-state index contributed by atoms with van der Waals surface area (Å²) < 4.78 is 12.0. The number of benzene rings is 1. The van der Waals surface area contributed by atoms with Crippen LogP contribution in [0.3, 0.4) is 0 Å². The van der Waals surface area contributed by atoms with Crippen molar-refractivity contribution in [3.05, 3.63) is 35.6 Å². The molecule has 0 aliphatic carbocycles. The number of hydrogen-bond acceptors (Lipinski definition) is 3. The average Bonchev–Trinajstić information content (AvgIpc) is 2.81. The van der Waals surface area contributed by atoms with E-state index >= 15 is 0 Å². The van der Waals surface area contributed by atoms with E-state index < -0.39 is 0 Å². The number of furan rings is 1. The molecule has 1 aromatic carbocycles. The number of ether oxygens (including phenoxy) is 1. The lowest BCUT2D eigenvalue weighted by Crippen LogP contribution is -2.23. The Morgan fingerprint density at radius 2 is 1.95 bits per heavy atom. The highest BCUT2D eigenvalue weighted by Crippen LogP contribution is 2.28. The van der Waals surface area contributed by atoms with E-state index in [9.17, 15) is 0 Å². The number of fused-ring (bicyclic) bond motifs is 1. The lowest BCUT2D eigenvalue weighted by atomic mass is 10.1. The molecule has 2 aromatic rings. The zero-order chi connectivity index (χ0) is 14.6. The lowest BCUT2D eigenvalue weighted by molar-refractivity contribution is -0.0383. The molecule has 0 saturated heterocycles. The van der Waals surface area contributed by atoms with E-state index in [0.29, 0.717) is 6.61 Å². The summed E-state index contributed by atoms with van der Waals surface area (Å²) in [6.07, 6.45) is 0.982. The fourth-order valence-electron chi connectivity index (χ4n) is 2.07. The van der Waals surface area contributed by atoms with Crippen LogP contribution in [-0.2, 0) is 17.9 Å². The Morgan fingerprint density at radius 3 is 2.65 bits per heavy atom. The molecular formula is C17H25NO2. The molecule has 110 valence electrons. The summed E-state index contributed by atoms with van der Waals surface area (Å²) in [5.41, 5.74) is 2.04. The number of nitrogens with one attached hydrogen (secondary N) is 1. The fraction of sp³-hybridized carbons (Fsp3) is 0.529. The largest absolute Gasteiger partial charge is 0.458 e. The molecule has 1 aromatic heterocycles. The van der Waals surface area contributed by atoms with Crippen molar-refractivity contribution in [2.75, 3.05) is 6.54 Å². The van der Waals surface area contributed by atoms with Gasteiger partial charge in [-0.15, -0.1) is 0 Å². The van der Waals surface area contributed by atoms with Crippen LogP contribution in [0.5, 0.6) is 0 Å². The van der Waals surface area contributed by atoms with Crippen LogP contribution in [0.1, 0.15) is 45.4 Å². The molecule has 3 heteroatoms. The first kappa shape index (κ1) is 15.1. The number of para-hydroxylation sites is 1. The predicted molar refractivity (Wildman–Crippen MR) is 82.8 cm³/mol. The number of hydrogen-bond donors (Lipinski definition) is 1. The van der Waals surface area contributed by atoms with Gasteiger partial charge in [0.25, 0.3) is 0 Å². The molecule has 0 aliphatic heterocycles. The van der Waals surface area contributed by atoms with Crippen LogP contribution in [0, 0.1) is 0 Å². The summed E-state index contributed by atoms with van der Waals surface area (Å²) in [6, 6.07) is 8.18. The molecule has 0 unspecified atom stereocenters. The molecule has 0 radical (unpaired) electrons. The molecule has 1 N–H and O–H groups in total. The summed E-state index contributed by atoms with van der Waals surface area (Å²) >= 11 is 0. The molecule has 0 amide bonds. The Morgan fingerprint density at radius 1 is 1.20 bits per heavy atom. The molecule has 0 spiro atoms. The Labute approximate surface area is 121 Å². The van der Waals surface area contributed by atoms with E-state index in [1.165, 1.54) is 10.9 Å². The van der Waals surface area contributed by atoms with Gasteiger partial charge in [-0.25, -0.2) is 0 Å². The third kappa shape index (κ3) is 3.41. The smallest absolute Gasteiger partial charge is 0.135 e. The molecule has 0 saturated carbocycles. The Balaban J connectivity index is 2.26. The van der Waals surface area contributed by atoms with Crippen molar-refractivity contribution in [3.63, 3.8) is 0 Å². The molecular weight excluding hydrogens is 250 g/mol. The lowest BCUT2D eigenvalue weighted by Gasteiger charge is -2.23. The van der Waals surface area contributed by atoms with E-state index in [1.807, 2.05) is 18.2 Å². The second-order valence-electron chi connectivity index (χ2n) is 5.68. The van der Waals surface area contributed by atoms with Gasteiger partial charge in [0.05, 0.1) is 5.60 Å². The van der Waals surface area contributed by atoms with Gasteiger partial charge in [0.15, 0.2) is 0 Å². The van der Waals surface area contributed by atoms with E-state index in [2.05, 4.69) is 39.1 Å². The second-order valence-corrected chi connectivity index (χ2v) is 5.68. The highest BCUT2D eigenvalue weighted by Gasteiger charge is 2.19. The highest BCUT2D eigenvalue weighted by atomic mass is 16.5. The monoisotopic (exact) mass is 275 g/mol. The van der Waals surface area contributed by atoms with E-state index in [-0.39, 0.29) is 5.60 Å². The topological polar surface area (TPSA) is 34.4 Å². The first-order valence-electron chi connectivity index (χ1n) is 7.41. The summed E-state index contributed by atoms with van der Waals surface area (Å²) in [4.78, 5) is 0. The average molecular weight is 275 g/mol. The summed E-state index contributed by atoms with van der Waals surface area (Å²) in [6.45, 7) is 10.8. The van der Waals surface area contributed by atoms with Gasteiger partial charge in [-0.3, -0.25) is 0 Å². The highest BCUT2D eigenvalue weighted by molar-refractivity contribution is 5.82. The quantitative estimate of drug-likeness (QED) is 0.820. The second kappa shape index (κ2) is 6.42. The van der Waals surface area contributed by atoms with Gasteiger partial charge in [0.2, 0.25) is 0 Å². The molecule has 3 nitrogen and oxygen atoms in total. The van der Waals surface area contributed by atoms with Crippen LogP contribution in [0.2, 0.25) is 0 Å². The van der Waals surface area contributed by atoms with Crippen molar-refractivity contribution >= 4 is 11.0 Å². The molecule has 0 bridgehead atoms. The summed E-state index contributed by atoms with van der Waals surface area (Å²) in [5.74, 6) is 0.939. The minimum Gasteiger partial charge on any atom is -0.458 e. The van der Waals surface area contributed by atoms with Gasteiger partial charge in [-0.1, -0.05) is 32.0 Å². The number of rotatable bonds is 7. The predicted octanol–water partition coefficient (Wildman–Crippen LogP) is 4.25. The van der Waals surface area contributed by atoms with E-state index in [1.54, 1.807) is 0 Å². The van der Waals surface area contributed by atoms with Crippen LogP contribution in [0.25, 0.3) is 11.0 Å². The van der Waals surface area contributed by atoms with Gasteiger partial charge >= 0.3 is 0 Å². The summed E-state index contributed by atoms with van der Waals surface area (Å²) in [7, 11) is 0. The van der Waals surface area contributed by atoms with Crippen LogP contribution in [-0.4, -0.2) is 12.1 Å². The minimum absolute atomic E-state index is 0.117. The van der Waals surface area contributed by atoms with Crippen molar-refractivity contribution in [3.8, 4) is 0 Å². The van der Waals surface area contributed by atoms with E-state index in [4.69, 9.17) is 9.15 Å². The van der Waals surface area contributed by atoms with Crippen molar-refractivity contribution in [1.82, 2.24) is 5.32 Å². The minimum atomic E-state index is -0.117. The molecule has 0 aliphatic rings.